The number of nitrogens with one attached hydrogen (secondary N) is 1. The number of sulfone groups is 1. The second-order valence-corrected chi connectivity index (χ2v) is 7.99. The minimum Gasteiger partial charge on any atom is -0.334 e. The summed E-state index contributed by atoms with van der Waals surface area (Å²) in [6.07, 6.45) is -4.27. The fourth-order valence-electron chi connectivity index (χ4n) is 2.69. The number of nitrogens with zero attached hydrogens (tertiary/aromatic N) is 2. The number of alkyl halides is 3. The normalized spacial score (nSPS) is 12.0. The van der Waals surface area contributed by atoms with Gasteiger partial charge in [0, 0.05) is 17.4 Å². The Bertz CT molecular complexity index is 1220. The molecule has 0 unspecified atom stereocenters. The van der Waals surface area contributed by atoms with Crippen LogP contribution in [0.2, 0.25) is 0 Å². The van der Waals surface area contributed by atoms with Crippen molar-refractivity contribution < 1.29 is 30.4 Å². The van der Waals surface area contributed by atoms with E-state index in [2.05, 4.69) is 9.97 Å². The molecular weight excluding hydrogens is 417 g/mol. The van der Waals surface area contributed by atoms with Gasteiger partial charge in [-0.3, -0.25) is 0 Å². The number of rotatable bonds is 3. The molecule has 0 aliphatic carbocycles. The highest BCUT2D eigenvalue weighted by molar-refractivity contribution is 7.90. The number of hydrogen-bond acceptors (Lipinski definition) is 4. The first-order chi connectivity index (χ1) is 13.4. The van der Waals surface area contributed by atoms with Gasteiger partial charge in [-0.1, -0.05) is 12.1 Å². The van der Waals surface area contributed by atoms with Crippen molar-refractivity contribution in [3.8, 4) is 28.6 Å². The second-order valence-electron chi connectivity index (χ2n) is 6.04. The minimum atomic E-state index is -4.87. The molecule has 0 radical (unpaired) electrons. The van der Waals surface area contributed by atoms with Crippen molar-refractivity contribution in [2.24, 2.45) is 0 Å². The molecule has 0 amide bonds. The summed E-state index contributed by atoms with van der Waals surface area (Å²) in [4.78, 5) is 4.30. The van der Waals surface area contributed by atoms with E-state index in [1.807, 2.05) is 6.07 Å². The average Bonchev–Trinajstić information content (AvgIpc) is 3.05. The number of aromatic amines is 1. The van der Waals surface area contributed by atoms with Crippen LogP contribution in [0.5, 0.6) is 0 Å². The SMILES string of the molecule is CS(=O)(=O)c1c(F)cc(-c2nc(C(F)(F)F)[nH]c2-c2ccc(C#N)cc2)cc1F. The van der Waals surface area contributed by atoms with Gasteiger partial charge in [-0.25, -0.2) is 22.2 Å². The number of halogens is 5. The molecule has 3 aromatic rings. The van der Waals surface area contributed by atoms with Crippen molar-refractivity contribution in [1.82, 2.24) is 9.97 Å². The summed E-state index contributed by atoms with van der Waals surface area (Å²) in [7, 11) is -4.24. The lowest BCUT2D eigenvalue weighted by Crippen LogP contribution is -2.07. The van der Waals surface area contributed by atoms with Crippen LogP contribution in [0.15, 0.2) is 41.3 Å². The largest absolute Gasteiger partial charge is 0.449 e. The van der Waals surface area contributed by atoms with Gasteiger partial charge in [0.25, 0.3) is 0 Å². The van der Waals surface area contributed by atoms with Crippen molar-refractivity contribution in [3.05, 3.63) is 59.4 Å². The molecular formula is C18H10F5N3O2S. The molecule has 5 nitrogen and oxygen atoms in total. The smallest absolute Gasteiger partial charge is 0.334 e. The second kappa shape index (κ2) is 6.97. The van der Waals surface area contributed by atoms with E-state index in [0.29, 0.717) is 18.4 Å². The van der Waals surface area contributed by atoms with Gasteiger partial charge in [0.15, 0.2) is 9.84 Å². The summed E-state index contributed by atoms with van der Waals surface area (Å²) in [5.74, 6) is -4.31. The van der Waals surface area contributed by atoms with Crippen LogP contribution in [0.25, 0.3) is 22.5 Å². The summed E-state index contributed by atoms with van der Waals surface area (Å²) < 4.78 is 91.0. The predicted molar refractivity (Wildman–Crippen MR) is 92.2 cm³/mol. The molecule has 0 saturated heterocycles. The number of hydrogen-bond donors (Lipinski definition) is 1. The van der Waals surface area contributed by atoms with Gasteiger partial charge >= 0.3 is 6.18 Å². The van der Waals surface area contributed by atoms with Crippen LogP contribution in [0.1, 0.15) is 11.4 Å². The van der Waals surface area contributed by atoms with Gasteiger partial charge < -0.3 is 4.98 Å². The number of aromatic nitrogens is 2. The lowest BCUT2D eigenvalue weighted by molar-refractivity contribution is -0.144. The number of imidazole rings is 1. The highest BCUT2D eigenvalue weighted by Crippen LogP contribution is 2.37. The third-order valence-electron chi connectivity index (χ3n) is 3.92. The standard InChI is InChI=1S/C18H10F5N3O2S/c1-29(27,28)16-12(19)6-11(7-13(16)20)15-14(25-17(26-15)18(21,22)23)10-4-2-9(8-24)3-5-10/h2-7H,1H3,(H,25,26). The molecule has 1 N–H and O–H groups in total. The lowest BCUT2D eigenvalue weighted by atomic mass is 10.0. The van der Waals surface area contributed by atoms with Crippen molar-refractivity contribution in [2.45, 2.75) is 11.1 Å². The Labute approximate surface area is 161 Å². The molecule has 150 valence electrons. The fourth-order valence-corrected chi connectivity index (χ4v) is 3.51. The summed E-state index contributed by atoms with van der Waals surface area (Å²) in [6, 6.07) is 8.43. The molecule has 0 fully saturated rings. The van der Waals surface area contributed by atoms with E-state index < -0.39 is 49.6 Å². The average molecular weight is 427 g/mol. The van der Waals surface area contributed by atoms with Gasteiger partial charge in [-0.2, -0.15) is 18.4 Å². The van der Waals surface area contributed by atoms with Crippen molar-refractivity contribution >= 4 is 9.84 Å². The number of nitriles is 1. The molecule has 11 heteroatoms. The molecule has 1 heterocycles. The van der Waals surface area contributed by atoms with E-state index in [-0.39, 0.29) is 16.8 Å². The molecule has 0 aliphatic rings. The summed E-state index contributed by atoms with van der Waals surface area (Å²) in [5.41, 5.74) is -0.596. The van der Waals surface area contributed by atoms with Gasteiger partial charge in [0.05, 0.1) is 23.0 Å². The first kappa shape index (κ1) is 20.5. The molecule has 0 aliphatic heterocycles. The summed E-state index contributed by atoms with van der Waals surface area (Å²) in [5, 5.41) is 8.84. The highest BCUT2D eigenvalue weighted by Gasteiger charge is 2.36. The van der Waals surface area contributed by atoms with Crippen LogP contribution in [0.3, 0.4) is 0 Å². The molecule has 1 aromatic heterocycles. The zero-order valence-electron chi connectivity index (χ0n) is 14.5. The molecule has 2 aromatic carbocycles. The first-order valence-electron chi connectivity index (χ1n) is 7.79. The first-order valence-corrected chi connectivity index (χ1v) is 9.68. The van der Waals surface area contributed by atoms with Gasteiger partial charge in [0.1, 0.15) is 16.5 Å². The molecule has 0 bridgehead atoms. The number of H-pyrrole nitrogens is 1. The third-order valence-corrected chi connectivity index (χ3v) is 5.05. The molecule has 0 saturated carbocycles. The third kappa shape index (κ3) is 3.97. The minimum absolute atomic E-state index is 0.176. The zero-order valence-corrected chi connectivity index (χ0v) is 15.3. The monoisotopic (exact) mass is 427 g/mol. The van der Waals surface area contributed by atoms with E-state index in [4.69, 9.17) is 5.26 Å². The molecule has 3 rings (SSSR count). The Kier molecular flexibility index (Phi) is 4.92. The topological polar surface area (TPSA) is 86.6 Å². The number of benzene rings is 2. The van der Waals surface area contributed by atoms with Crippen LogP contribution < -0.4 is 0 Å². The Balaban J connectivity index is 2.26. The predicted octanol–water partition coefficient (Wildman–Crippen LogP) is 4.32. The van der Waals surface area contributed by atoms with E-state index in [1.54, 1.807) is 0 Å². The fraction of sp³-hybridized carbons (Fsp3) is 0.111. The summed E-state index contributed by atoms with van der Waals surface area (Å²) in [6.45, 7) is 0. The van der Waals surface area contributed by atoms with Crippen molar-refractivity contribution in [2.75, 3.05) is 6.26 Å². The van der Waals surface area contributed by atoms with Crippen LogP contribution in [-0.2, 0) is 16.0 Å². The molecule has 29 heavy (non-hydrogen) atoms. The van der Waals surface area contributed by atoms with Crippen molar-refractivity contribution in [1.29, 1.82) is 5.26 Å². The maximum Gasteiger partial charge on any atom is 0.449 e. The van der Waals surface area contributed by atoms with Crippen LogP contribution in [0, 0.1) is 23.0 Å². The zero-order chi connectivity index (χ0) is 21.6. The van der Waals surface area contributed by atoms with Gasteiger partial charge in [-0.15, -0.1) is 0 Å². The Morgan fingerprint density at radius 1 is 1.03 bits per heavy atom. The maximum atomic E-state index is 14.3. The van der Waals surface area contributed by atoms with E-state index in [1.165, 1.54) is 24.3 Å². The highest BCUT2D eigenvalue weighted by atomic mass is 32.2. The Morgan fingerprint density at radius 2 is 1.59 bits per heavy atom. The van der Waals surface area contributed by atoms with Crippen LogP contribution in [0.4, 0.5) is 22.0 Å². The molecule has 0 atom stereocenters. The van der Waals surface area contributed by atoms with E-state index >= 15 is 0 Å². The van der Waals surface area contributed by atoms with Gasteiger partial charge in [0.2, 0.25) is 5.82 Å². The van der Waals surface area contributed by atoms with Crippen LogP contribution in [-0.4, -0.2) is 24.6 Å². The van der Waals surface area contributed by atoms with Crippen molar-refractivity contribution in [3.63, 3.8) is 0 Å². The maximum absolute atomic E-state index is 14.3. The summed E-state index contributed by atoms with van der Waals surface area (Å²) >= 11 is 0. The lowest BCUT2D eigenvalue weighted by Gasteiger charge is -2.07. The van der Waals surface area contributed by atoms with E-state index in [9.17, 15) is 30.4 Å². The Morgan fingerprint density at radius 3 is 2.03 bits per heavy atom. The molecule has 0 spiro atoms. The quantitative estimate of drug-likeness (QED) is 0.631. The van der Waals surface area contributed by atoms with Crippen LogP contribution >= 0.6 is 0 Å². The Hall–Kier alpha value is -3.26. The van der Waals surface area contributed by atoms with E-state index in [0.717, 1.165) is 0 Å². The van der Waals surface area contributed by atoms with Gasteiger partial charge in [-0.05, 0) is 24.3 Å².